The van der Waals surface area contributed by atoms with E-state index < -0.39 is 0 Å². The number of rotatable bonds is 8. The smallest absolute Gasteiger partial charge is 0.160 e. The molecule has 11 aromatic carbocycles. The Morgan fingerprint density at radius 2 is 0.549 bits per heavy atom. The van der Waals surface area contributed by atoms with Crippen molar-refractivity contribution in [2.75, 3.05) is 0 Å². The molecule has 82 heavy (non-hydrogen) atoms. The summed E-state index contributed by atoms with van der Waals surface area (Å²) in [5, 5.41) is 4.43. The van der Waals surface area contributed by atoms with Gasteiger partial charge in [-0.3, -0.25) is 0 Å². The summed E-state index contributed by atoms with van der Waals surface area (Å²) < 4.78 is 12.4. The van der Waals surface area contributed by atoms with Crippen LogP contribution in [0.5, 0.6) is 0 Å². The van der Waals surface area contributed by atoms with Crippen LogP contribution in [0, 0.1) is 0 Å². The van der Waals surface area contributed by atoms with Crippen molar-refractivity contribution >= 4 is 43.9 Å². The molecule has 4 aromatic heterocycles. The van der Waals surface area contributed by atoms with Crippen molar-refractivity contribution in [3.63, 3.8) is 0 Å². The Balaban J connectivity index is 0.754. The molecule has 6 nitrogen and oxygen atoms in total. The van der Waals surface area contributed by atoms with Crippen LogP contribution >= 0.6 is 0 Å². The molecular weight excluding hydrogens is 1000 g/mol. The highest BCUT2D eigenvalue weighted by Gasteiger charge is 2.41. The number of hydrogen-bond donors (Lipinski definition) is 0. The predicted molar refractivity (Wildman–Crippen MR) is 330 cm³/mol. The van der Waals surface area contributed by atoms with Crippen LogP contribution < -0.4 is 0 Å². The van der Waals surface area contributed by atoms with Gasteiger partial charge in [-0.15, -0.1) is 0 Å². The van der Waals surface area contributed by atoms with Gasteiger partial charge >= 0.3 is 0 Å². The van der Waals surface area contributed by atoms with Crippen molar-refractivity contribution in [2.45, 2.75) is 11.8 Å². The average Bonchev–Trinajstić information content (AvgIpc) is 1.31. The van der Waals surface area contributed by atoms with Gasteiger partial charge in [0.2, 0.25) is 0 Å². The first-order chi connectivity index (χ1) is 40.6. The van der Waals surface area contributed by atoms with Crippen LogP contribution in [0.4, 0.5) is 0 Å². The minimum atomic E-state index is 0.00692. The fraction of sp³-hybridized carbons (Fsp3) is 0.0263. The van der Waals surface area contributed by atoms with Crippen molar-refractivity contribution in [1.29, 1.82) is 0 Å². The predicted octanol–water partition coefficient (Wildman–Crippen LogP) is 19.4. The van der Waals surface area contributed by atoms with Crippen LogP contribution in [0.2, 0.25) is 0 Å². The molecule has 6 heteroatoms. The quantitative estimate of drug-likeness (QED) is 0.151. The Kier molecular flexibility index (Phi) is 10.3. The molecule has 3 aliphatic rings. The summed E-state index contributed by atoms with van der Waals surface area (Å²) in [6.45, 7) is 0. The maximum Gasteiger partial charge on any atom is 0.160 e. The van der Waals surface area contributed by atoms with Crippen LogP contribution in [0.1, 0.15) is 45.2 Å². The SMILES string of the molecule is c1ccc(-c2cc(-c3cccc(-c4ccc5oc6ccccc6c5c4)c3)nc(-c3ccc4c(c3)C3c5ccccc5C4c4cc(-c5nc(-c6ccccc6)cc(-c6cccc(-c7ccc8oc9ccccc9c8c7)c6)n5)ccc43)n2)cc1. The molecule has 0 N–H and O–H groups in total. The molecule has 2 atom stereocenters. The van der Waals surface area contributed by atoms with E-state index in [9.17, 15) is 0 Å². The first-order valence-corrected chi connectivity index (χ1v) is 27.9. The van der Waals surface area contributed by atoms with Gasteiger partial charge in [-0.2, -0.15) is 0 Å². The Bertz CT molecular complexity index is 4760. The van der Waals surface area contributed by atoms with E-state index in [1.54, 1.807) is 0 Å². The molecule has 0 saturated carbocycles. The molecule has 0 aliphatic heterocycles. The standard InChI is InChI=1S/C76H46N4O2/c1-3-15-45(16-4-1)65-43-67(51-21-13-19-47(37-51)49-31-35-71-61(39-49)55-23-9-11-27-69(55)81-71)79-75(77-65)53-29-33-59-63(41-53)73-57-25-7-8-26-58(57)74(59)64-42-54(30-34-60(64)73)76-78-66(46-17-5-2-6-18-46)44-68(80-76)52-22-14-20-48(38-52)50-32-36-72-62(40-50)56-24-10-12-28-70(56)82-72/h1-44,73-74H. The van der Waals surface area contributed by atoms with E-state index in [4.69, 9.17) is 28.8 Å². The van der Waals surface area contributed by atoms with E-state index in [1.165, 1.54) is 33.4 Å². The van der Waals surface area contributed by atoms with Gasteiger partial charge in [0.1, 0.15) is 22.3 Å². The van der Waals surface area contributed by atoms with Gasteiger partial charge in [0.15, 0.2) is 11.6 Å². The third kappa shape index (κ3) is 7.56. The third-order valence-electron chi connectivity index (χ3n) is 16.9. The van der Waals surface area contributed by atoms with E-state index in [1.807, 2.05) is 36.4 Å². The zero-order chi connectivity index (χ0) is 53.8. The highest BCUT2D eigenvalue weighted by molar-refractivity contribution is 6.07. The van der Waals surface area contributed by atoms with Gasteiger partial charge < -0.3 is 8.83 Å². The average molecular weight is 1050 g/mol. The number of para-hydroxylation sites is 2. The van der Waals surface area contributed by atoms with Gasteiger partial charge in [0, 0.05) is 66.8 Å². The number of hydrogen-bond acceptors (Lipinski definition) is 6. The van der Waals surface area contributed by atoms with Crippen molar-refractivity contribution < 1.29 is 8.83 Å². The summed E-state index contributed by atoms with van der Waals surface area (Å²) >= 11 is 0. The molecule has 0 saturated heterocycles. The number of benzene rings is 11. The summed E-state index contributed by atoms with van der Waals surface area (Å²) in [6, 6.07) is 94.6. The summed E-state index contributed by atoms with van der Waals surface area (Å²) in [7, 11) is 0. The number of aromatic nitrogens is 4. The molecule has 2 bridgehead atoms. The zero-order valence-electron chi connectivity index (χ0n) is 44.2. The van der Waals surface area contributed by atoms with Gasteiger partial charge in [0.25, 0.3) is 0 Å². The Labute approximate surface area is 472 Å². The molecule has 0 fully saturated rings. The number of furan rings is 2. The minimum Gasteiger partial charge on any atom is -0.456 e. The molecule has 18 rings (SSSR count). The van der Waals surface area contributed by atoms with Crippen LogP contribution in [0.3, 0.4) is 0 Å². The third-order valence-corrected chi connectivity index (χ3v) is 16.9. The summed E-state index contributed by atoms with van der Waals surface area (Å²) in [6.07, 6.45) is 0. The summed E-state index contributed by atoms with van der Waals surface area (Å²) in [5.74, 6) is 1.39. The van der Waals surface area contributed by atoms with Gasteiger partial charge in [-0.05, 0) is 128 Å². The molecule has 382 valence electrons. The molecule has 3 aliphatic carbocycles. The lowest BCUT2D eigenvalue weighted by atomic mass is 9.61. The monoisotopic (exact) mass is 1050 g/mol. The number of fused-ring (bicyclic) bond motifs is 6. The first kappa shape index (κ1) is 46.1. The van der Waals surface area contributed by atoms with Gasteiger partial charge in [-0.1, -0.05) is 194 Å². The Hall–Kier alpha value is -10.8. The Morgan fingerprint density at radius 1 is 0.207 bits per heavy atom. The summed E-state index contributed by atoms with van der Waals surface area (Å²) in [4.78, 5) is 21.5. The second-order valence-corrected chi connectivity index (χ2v) is 21.6. The van der Waals surface area contributed by atoms with Crippen LogP contribution in [-0.2, 0) is 0 Å². The fourth-order valence-corrected chi connectivity index (χ4v) is 13.0. The minimum absolute atomic E-state index is 0.00692. The molecular formula is C76H46N4O2. The molecule has 0 spiro atoms. The second-order valence-electron chi connectivity index (χ2n) is 21.6. The van der Waals surface area contributed by atoms with Gasteiger partial charge in [0.05, 0.1) is 22.8 Å². The molecule has 0 amide bonds. The molecule has 15 aromatic rings. The zero-order valence-corrected chi connectivity index (χ0v) is 44.2. The molecule has 0 radical (unpaired) electrons. The maximum atomic E-state index is 6.19. The lowest BCUT2D eigenvalue weighted by Gasteiger charge is -2.42. The van der Waals surface area contributed by atoms with Crippen molar-refractivity contribution in [1.82, 2.24) is 19.9 Å². The van der Waals surface area contributed by atoms with Crippen LogP contribution in [-0.4, -0.2) is 19.9 Å². The normalized spacial score (nSPS) is 14.1. The van der Waals surface area contributed by atoms with E-state index >= 15 is 0 Å². The van der Waals surface area contributed by atoms with Crippen molar-refractivity contribution in [2.24, 2.45) is 0 Å². The number of nitrogens with zero attached hydrogens (tertiary/aromatic N) is 4. The van der Waals surface area contributed by atoms with Crippen molar-refractivity contribution in [3.05, 3.63) is 300 Å². The fourth-order valence-electron chi connectivity index (χ4n) is 13.0. The van der Waals surface area contributed by atoms with Crippen LogP contribution in [0.15, 0.2) is 276 Å². The highest BCUT2D eigenvalue weighted by atomic mass is 16.3. The first-order valence-electron chi connectivity index (χ1n) is 27.9. The van der Waals surface area contributed by atoms with E-state index in [0.717, 1.165) is 122 Å². The second kappa shape index (κ2) is 18.4. The lowest BCUT2D eigenvalue weighted by molar-refractivity contribution is 0.668. The maximum absolute atomic E-state index is 6.19. The molecule has 2 unspecified atom stereocenters. The van der Waals surface area contributed by atoms with E-state index in [2.05, 4.69) is 231 Å². The lowest BCUT2D eigenvalue weighted by Crippen LogP contribution is -2.27. The van der Waals surface area contributed by atoms with E-state index in [0.29, 0.717) is 11.6 Å². The Morgan fingerprint density at radius 3 is 1.01 bits per heavy atom. The van der Waals surface area contributed by atoms with Gasteiger partial charge in [-0.25, -0.2) is 19.9 Å². The largest absolute Gasteiger partial charge is 0.456 e. The van der Waals surface area contributed by atoms with E-state index in [-0.39, 0.29) is 11.8 Å². The summed E-state index contributed by atoms with van der Waals surface area (Å²) in [5.41, 5.74) is 25.3. The highest BCUT2D eigenvalue weighted by Crippen LogP contribution is 2.57. The molecule has 4 heterocycles. The topological polar surface area (TPSA) is 77.8 Å². The van der Waals surface area contributed by atoms with Crippen molar-refractivity contribution in [3.8, 4) is 90.1 Å². The van der Waals surface area contributed by atoms with Crippen LogP contribution in [0.25, 0.3) is 134 Å².